The van der Waals surface area contributed by atoms with E-state index in [4.69, 9.17) is 16.3 Å². The number of hydrazine groups is 1. The second-order valence-corrected chi connectivity index (χ2v) is 6.51. The Morgan fingerprint density at radius 2 is 1.66 bits per heavy atom. The molecule has 146 valence electrons. The number of para-hydroxylation sites is 1. The Labute approximate surface area is 173 Å². The molecule has 0 saturated carbocycles. The van der Waals surface area contributed by atoms with Crippen molar-refractivity contribution in [3.8, 4) is 16.9 Å². The minimum absolute atomic E-state index is 0.234. The van der Waals surface area contributed by atoms with Gasteiger partial charge in [-0.15, -0.1) is 0 Å². The van der Waals surface area contributed by atoms with Crippen molar-refractivity contribution >= 4 is 29.5 Å². The van der Waals surface area contributed by atoms with E-state index in [1.807, 2.05) is 54.6 Å². The van der Waals surface area contributed by atoms with Gasteiger partial charge in [-0.3, -0.25) is 20.4 Å². The normalized spacial score (nSPS) is 10.5. The smallest absolute Gasteiger partial charge is 0.276 e. The maximum atomic E-state index is 12.0. The van der Waals surface area contributed by atoms with Crippen LogP contribution >= 0.6 is 11.6 Å². The van der Waals surface area contributed by atoms with Gasteiger partial charge in [0.25, 0.3) is 11.8 Å². The molecule has 0 unspecified atom stereocenters. The van der Waals surface area contributed by atoms with Gasteiger partial charge in [-0.1, -0.05) is 72.3 Å². The van der Waals surface area contributed by atoms with Crippen LogP contribution in [0.1, 0.15) is 5.56 Å². The Morgan fingerprint density at radius 1 is 0.897 bits per heavy atom. The number of benzene rings is 3. The molecule has 6 heteroatoms. The molecule has 0 aromatic heterocycles. The number of hydrogen-bond donors (Lipinski definition) is 2. The van der Waals surface area contributed by atoms with Crippen molar-refractivity contribution in [3.63, 3.8) is 0 Å². The summed E-state index contributed by atoms with van der Waals surface area (Å²) < 4.78 is 5.63. The van der Waals surface area contributed by atoms with E-state index in [1.54, 1.807) is 30.3 Å². The predicted octanol–water partition coefficient (Wildman–Crippen LogP) is 4.25. The maximum absolute atomic E-state index is 12.0. The average Bonchev–Trinajstić information content (AvgIpc) is 2.75. The zero-order valence-electron chi connectivity index (χ0n) is 15.5. The SMILES string of the molecule is O=C(/C=C/c1cccc(Cl)c1)NNC(=O)COc1ccccc1-c1ccccc1. The number of nitrogens with one attached hydrogen (secondary N) is 2. The highest BCUT2D eigenvalue weighted by molar-refractivity contribution is 6.30. The summed E-state index contributed by atoms with van der Waals surface area (Å²) in [5, 5.41) is 0.578. The van der Waals surface area contributed by atoms with E-state index in [0.717, 1.165) is 16.7 Å². The number of carbonyl (C=O) groups excluding carboxylic acids is 2. The molecule has 2 amide bonds. The molecule has 0 bridgehead atoms. The standard InChI is InChI=1S/C23H19ClN2O3/c24-19-10-6-7-17(15-19)13-14-22(27)25-26-23(28)16-29-21-12-5-4-11-20(21)18-8-2-1-3-9-18/h1-15H,16H2,(H,25,27)(H,26,28)/b14-13+. The summed E-state index contributed by atoms with van der Waals surface area (Å²) in [6.07, 6.45) is 2.90. The number of ether oxygens (including phenoxy) is 1. The number of halogens is 1. The molecule has 0 heterocycles. The number of rotatable bonds is 6. The molecule has 3 aromatic rings. The summed E-state index contributed by atoms with van der Waals surface area (Å²) in [6.45, 7) is -0.234. The van der Waals surface area contributed by atoms with Crippen molar-refractivity contribution in [1.29, 1.82) is 0 Å². The molecule has 0 aliphatic rings. The second kappa shape index (κ2) is 10.1. The summed E-state index contributed by atoms with van der Waals surface area (Å²) in [5.41, 5.74) is 7.28. The minimum atomic E-state index is -0.475. The first kappa shape index (κ1) is 20.2. The molecule has 0 aliphatic carbocycles. The van der Waals surface area contributed by atoms with Crippen LogP contribution in [0.4, 0.5) is 0 Å². The predicted molar refractivity (Wildman–Crippen MR) is 114 cm³/mol. The molecule has 0 fully saturated rings. The summed E-state index contributed by atoms with van der Waals surface area (Å²) in [7, 11) is 0. The Hall–Kier alpha value is -3.57. The Kier molecular flexibility index (Phi) is 7.03. The van der Waals surface area contributed by atoms with Gasteiger partial charge < -0.3 is 4.74 Å². The monoisotopic (exact) mass is 406 g/mol. The van der Waals surface area contributed by atoms with Crippen molar-refractivity contribution < 1.29 is 14.3 Å². The van der Waals surface area contributed by atoms with Gasteiger partial charge in [0.2, 0.25) is 0 Å². The van der Waals surface area contributed by atoms with Crippen LogP contribution in [0.15, 0.2) is 84.9 Å². The lowest BCUT2D eigenvalue weighted by atomic mass is 10.1. The first-order valence-electron chi connectivity index (χ1n) is 8.91. The largest absolute Gasteiger partial charge is 0.483 e. The van der Waals surface area contributed by atoms with Crippen LogP contribution in [0, 0.1) is 0 Å². The van der Waals surface area contributed by atoms with Crippen LogP contribution in [-0.4, -0.2) is 18.4 Å². The molecule has 3 aromatic carbocycles. The highest BCUT2D eigenvalue weighted by Crippen LogP contribution is 2.29. The van der Waals surface area contributed by atoms with E-state index >= 15 is 0 Å². The molecule has 0 atom stereocenters. The third-order valence-corrected chi connectivity index (χ3v) is 4.17. The van der Waals surface area contributed by atoms with Crippen LogP contribution in [0.5, 0.6) is 5.75 Å². The third-order valence-electron chi connectivity index (χ3n) is 3.93. The fourth-order valence-corrected chi connectivity index (χ4v) is 2.78. The summed E-state index contributed by atoms with van der Waals surface area (Å²) in [5.74, 6) is -0.360. The number of carbonyl (C=O) groups is 2. The molecule has 0 aliphatic heterocycles. The van der Waals surface area contributed by atoms with E-state index in [-0.39, 0.29) is 6.61 Å². The van der Waals surface area contributed by atoms with E-state index in [9.17, 15) is 9.59 Å². The van der Waals surface area contributed by atoms with Crippen molar-refractivity contribution in [2.24, 2.45) is 0 Å². The summed E-state index contributed by atoms with van der Waals surface area (Å²) >= 11 is 5.89. The average molecular weight is 407 g/mol. The molecule has 0 spiro atoms. The van der Waals surface area contributed by atoms with Crippen LogP contribution in [0.25, 0.3) is 17.2 Å². The van der Waals surface area contributed by atoms with Crippen LogP contribution in [0.3, 0.4) is 0 Å². The Bertz CT molecular complexity index is 1020. The Morgan fingerprint density at radius 3 is 2.45 bits per heavy atom. The summed E-state index contributed by atoms with van der Waals surface area (Å²) in [4.78, 5) is 23.8. The molecular weight excluding hydrogens is 388 g/mol. The molecule has 5 nitrogen and oxygen atoms in total. The first-order chi connectivity index (χ1) is 14.1. The van der Waals surface area contributed by atoms with Gasteiger partial charge in [-0.25, -0.2) is 0 Å². The van der Waals surface area contributed by atoms with E-state index in [2.05, 4.69) is 10.9 Å². The van der Waals surface area contributed by atoms with Gasteiger partial charge in [0, 0.05) is 16.7 Å². The van der Waals surface area contributed by atoms with Gasteiger partial charge in [-0.05, 0) is 35.4 Å². The van der Waals surface area contributed by atoms with E-state index in [1.165, 1.54) is 6.08 Å². The van der Waals surface area contributed by atoms with Crippen LogP contribution < -0.4 is 15.6 Å². The zero-order chi connectivity index (χ0) is 20.5. The molecule has 0 radical (unpaired) electrons. The van der Waals surface area contributed by atoms with Gasteiger partial charge in [0.05, 0.1) is 0 Å². The van der Waals surface area contributed by atoms with E-state index in [0.29, 0.717) is 10.8 Å². The van der Waals surface area contributed by atoms with Gasteiger partial charge in [0.1, 0.15) is 5.75 Å². The molecular formula is C23H19ClN2O3. The lowest BCUT2D eigenvalue weighted by Crippen LogP contribution is -2.43. The Balaban J connectivity index is 1.50. The van der Waals surface area contributed by atoms with Crippen molar-refractivity contribution in [1.82, 2.24) is 10.9 Å². The number of hydrogen-bond acceptors (Lipinski definition) is 3. The maximum Gasteiger partial charge on any atom is 0.276 e. The van der Waals surface area contributed by atoms with Gasteiger partial charge >= 0.3 is 0 Å². The second-order valence-electron chi connectivity index (χ2n) is 6.08. The van der Waals surface area contributed by atoms with E-state index < -0.39 is 11.8 Å². The van der Waals surface area contributed by atoms with Crippen molar-refractivity contribution in [2.75, 3.05) is 6.61 Å². The summed E-state index contributed by atoms with van der Waals surface area (Å²) in [6, 6.07) is 24.3. The minimum Gasteiger partial charge on any atom is -0.483 e. The first-order valence-corrected chi connectivity index (χ1v) is 9.29. The molecule has 2 N–H and O–H groups in total. The highest BCUT2D eigenvalue weighted by Gasteiger charge is 2.08. The quantitative estimate of drug-likeness (QED) is 0.475. The topological polar surface area (TPSA) is 67.4 Å². The third kappa shape index (κ3) is 6.23. The zero-order valence-corrected chi connectivity index (χ0v) is 16.2. The van der Waals surface area contributed by atoms with Crippen molar-refractivity contribution in [3.05, 3.63) is 95.5 Å². The fraction of sp³-hybridized carbons (Fsp3) is 0.0435. The lowest BCUT2D eigenvalue weighted by molar-refractivity contribution is -0.128. The number of amides is 2. The van der Waals surface area contributed by atoms with Crippen LogP contribution in [-0.2, 0) is 9.59 Å². The van der Waals surface area contributed by atoms with Gasteiger partial charge in [0.15, 0.2) is 6.61 Å². The van der Waals surface area contributed by atoms with Crippen molar-refractivity contribution in [2.45, 2.75) is 0 Å². The van der Waals surface area contributed by atoms with Gasteiger partial charge in [-0.2, -0.15) is 0 Å². The lowest BCUT2D eigenvalue weighted by Gasteiger charge is -2.12. The molecule has 0 saturated heterocycles. The van der Waals surface area contributed by atoms with Crippen LogP contribution in [0.2, 0.25) is 5.02 Å². The fourth-order valence-electron chi connectivity index (χ4n) is 2.58. The molecule has 3 rings (SSSR count). The molecule has 29 heavy (non-hydrogen) atoms. The highest BCUT2D eigenvalue weighted by atomic mass is 35.5.